The van der Waals surface area contributed by atoms with Gasteiger partial charge < -0.3 is 14.4 Å². The van der Waals surface area contributed by atoms with E-state index in [0.29, 0.717) is 22.4 Å². The van der Waals surface area contributed by atoms with Crippen LogP contribution in [0.5, 0.6) is 5.75 Å². The van der Waals surface area contributed by atoms with E-state index in [4.69, 9.17) is 9.73 Å². The number of hydrogen-bond acceptors (Lipinski definition) is 5. The smallest absolute Gasteiger partial charge is 0.335 e. The maximum Gasteiger partial charge on any atom is 0.335 e. The van der Waals surface area contributed by atoms with Crippen LogP contribution in [0, 0.1) is 19.7 Å². The minimum Gasteiger partial charge on any atom is -0.489 e. The normalized spacial score (nSPS) is 14.8. The molecule has 0 aliphatic carbocycles. The van der Waals surface area contributed by atoms with Gasteiger partial charge in [-0.2, -0.15) is 0 Å². The molecule has 1 amide bonds. The summed E-state index contributed by atoms with van der Waals surface area (Å²) in [7, 11) is 0. The first-order valence-electron chi connectivity index (χ1n) is 14.6. The topological polar surface area (TPSA) is 84.1 Å². The van der Waals surface area contributed by atoms with E-state index >= 15 is 0 Å². The van der Waals surface area contributed by atoms with Crippen molar-refractivity contribution in [1.82, 2.24) is 9.47 Å². The highest BCUT2D eigenvalue weighted by molar-refractivity contribution is 8.18. The van der Waals surface area contributed by atoms with Crippen molar-refractivity contribution < 1.29 is 23.8 Å². The molecule has 4 aromatic carbocycles. The Bertz CT molecular complexity index is 1950. The number of carbonyl (C=O) groups excluding carboxylic acids is 1. The van der Waals surface area contributed by atoms with Gasteiger partial charge in [-0.3, -0.25) is 9.69 Å². The number of hydrogen-bond donors (Lipinski definition) is 1. The van der Waals surface area contributed by atoms with Crippen molar-refractivity contribution in [3.8, 4) is 11.4 Å². The number of aromatic nitrogens is 1. The van der Waals surface area contributed by atoms with Crippen LogP contribution in [-0.2, 0) is 17.9 Å². The zero-order valence-electron chi connectivity index (χ0n) is 25.2. The van der Waals surface area contributed by atoms with E-state index in [0.717, 1.165) is 39.5 Å². The molecule has 1 fully saturated rings. The molecule has 46 heavy (non-hydrogen) atoms. The van der Waals surface area contributed by atoms with Gasteiger partial charge in [0.25, 0.3) is 5.91 Å². The molecule has 6 rings (SSSR count). The third-order valence-electron chi connectivity index (χ3n) is 7.58. The van der Waals surface area contributed by atoms with Crippen molar-refractivity contribution in [3.05, 3.63) is 154 Å². The summed E-state index contributed by atoms with van der Waals surface area (Å²) in [5.41, 5.74) is 6.45. The number of amides is 1. The van der Waals surface area contributed by atoms with Crippen LogP contribution in [0.15, 0.2) is 119 Å². The predicted molar refractivity (Wildman–Crippen MR) is 179 cm³/mol. The first-order chi connectivity index (χ1) is 22.2. The number of aromatic carboxylic acids is 1. The number of ether oxygens (including phenoxy) is 1. The molecule has 1 aromatic heterocycles. The number of carboxylic acid groups (broad SMARTS) is 1. The zero-order chi connectivity index (χ0) is 32.2. The maximum atomic E-state index is 13.8. The first kappa shape index (κ1) is 30.6. The molecule has 0 unspecified atom stereocenters. The Kier molecular flexibility index (Phi) is 8.85. The number of para-hydroxylation sites is 1. The monoisotopic (exact) mass is 631 g/mol. The highest BCUT2D eigenvalue weighted by Gasteiger charge is 2.34. The Balaban J connectivity index is 1.25. The lowest BCUT2D eigenvalue weighted by Gasteiger charge is -2.16. The lowest BCUT2D eigenvalue weighted by atomic mass is 10.1. The van der Waals surface area contributed by atoms with Gasteiger partial charge in [-0.25, -0.2) is 14.2 Å². The maximum absolute atomic E-state index is 13.8. The van der Waals surface area contributed by atoms with Gasteiger partial charge in [-0.05, 0) is 115 Å². The summed E-state index contributed by atoms with van der Waals surface area (Å²) in [5.74, 6) is -0.748. The third-order valence-corrected chi connectivity index (χ3v) is 8.59. The van der Waals surface area contributed by atoms with Gasteiger partial charge in [0.15, 0.2) is 5.17 Å². The number of nitrogens with zero attached hydrogens (tertiary/aromatic N) is 3. The van der Waals surface area contributed by atoms with Crippen LogP contribution in [0.3, 0.4) is 0 Å². The fourth-order valence-corrected chi connectivity index (χ4v) is 6.18. The van der Waals surface area contributed by atoms with E-state index in [2.05, 4.69) is 10.6 Å². The average molecular weight is 632 g/mol. The van der Waals surface area contributed by atoms with Crippen molar-refractivity contribution in [2.75, 3.05) is 0 Å². The summed E-state index contributed by atoms with van der Waals surface area (Å²) in [6, 6.07) is 32.0. The first-order valence-corrected chi connectivity index (χ1v) is 15.4. The van der Waals surface area contributed by atoms with Crippen molar-refractivity contribution in [3.63, 3.8) is 0 Å². The van der Waals surface area contributed by atoms with Crippen LogP contribution >= 0.6 is 11.8 Å². The van der Waals surface area contributed by atoms with E-state index in [9.17, 15) is 19.1 Å². The zero-order valence-corrected chi connectivity index (χ0v) is 26.0. The van der Waals surface area contributed by atoms with Gasteiger partial charge in [-0.1, -0.05) is 42.5 Å². The molecule has 5 aromatic rings. The molecule has 0 bridgehead atoms. The molecule has 0 atom stereocenters. The van der Waals surface area contributed by atoms with E-state index in [1.807, 2.05) is 74.5 Å². The van der Waals surface area contributed by atoms with E-state index in [1.165, 1.54) is 36.0 Å². The number of aryl methyl sites for hydroxylation is 1. The SMILES string of the molecule is Cc1cc(/C=C2\SC(=Nc3ccccc3)N(Cc3ccc(C(=O)O)cc3)C2=O)c(C)n1-c1ccc(OCc2ccc(F)cc2)cc1. The fraction of sp³-hybridized carbons (Fsp3) is 0.108. The van der Waals surface area contributed by atoms with Crippen LogP contribution in [0.25, 0.3) is 11.8 Å². The number of carboxylic acids is 1. The molecule has 1 N–H and O–H groups in total. The molecular weight excluding hydrogens is 601 g/mol. The number of benzene rings is 4. The van der Waals surface area contributed by atoms with Crippen LogP contribution in [0.1, 0.15) is 38.4 Å². The molecule has 9 heteroatoms. The quantitative estimate of drug-likeness (QED) is 0.166. The minimum absolute atomic E-state index is 0.172. The van der Waals surface area contributed by atoms with Crippen LogP contribution in [-0.4, -0.2) is 31.6 Å². The summed E-state index contributed by atoms with van der Waals surface area (Å²) in [6.45, 7) is 4.63. The van der Waals surface area contributed by atoms with Crippen molar-refractivity contribution >= 4 is 40.6 Å². The second-order valence-corrected chi connectivity index (χ2v) is 11.8. The molecule has 1 aliphatic heterocycles. The number of amidine groups is 1. The lowest BCUT2D eigenvalue weighted by Crippen LogP contribution is -2.28. The molecule has 2 heterocycles. The summed E-state index contributed by atoms with van der Waals surface area (Å²) >= 11 is 1.32. The molecule has 0 spiro atoms. The van der Waals surface area contributed by atoms with Gasteiger partial charge in [0.05, 0.1) is 22.7 Å². The molecule has 7 nitrogen and oxygen atoms in total. The van der Waals surface area contributed by atoms with E-state index in [-0.39, 0.29) is 23.8 Å². The summed E-state index contributed by atoms with van der Waals surface area (Å²) in [4.78, 5) is 32.1. The van der Waals surface area contributed by atoms with Gasteiger partial charge >= 0.3 is 5.97 Å². The molecule has 1 aliphatic rings. The van der Waals surface area contributed by atoms with Gasteiger partial charge in [-0.15, -0.1) is 0 Å². The summed E-state index contributed by atoms with van der Waals surface area (Å²) < 4.78 is 21.2. The Morgan fingerprint density at radius 1 is 0.913 bits per heavy atom. The predicted octanol–water partition coefficient (Wildman–Crippen LogP) is 8.31. The average Bonchev–Trinajstić information content (AvgIpc) is 3.50. The number of carbonyl (C=O) groups is 2. The largest absolute Gasteiger partial charge is 0.489 e. The van der Waals surface area contributed by atoms with Gasteiger partial charge in [0.2, 0.25) is 0 Å². The van der Waals surface area contributed by atoms with Crippen molar-refractivity contribution in [2.45, 2.75) is 27.0 Å². The number of thioether (sulfide) groups is 1. The number of halogens is 1. The molecule has 230 valence electrons. The van der Waals surface area contributed by atoms with Crippen LogP contribution < -0.4 is 4.74 Å². The number of rotatable bonds is 9. The molecule has 1 saturated heterocycles. The van der Waals surface area contributed by atoms with Gasteiger partial charge in [0.1, 0.15) is 18.2 Å². The van der Waals surface area contributed by atoms with Crippen LogP contribution in [0.2, 0.25) is 0 Å². The van der Waals surface area contributed by atoms with Crippen LogP contribution in [0.4, 0.5) is 10.1 Å². The van der Waals surface area contributed by atoms with E-state index in [1.54, 1.807) is 29.2 Å². The number of aliphatic imine (C=N–C) groups is 1. The molecule has 0 saturated carbocycles. The fourth-order valence-electron chi connectivity index (χ4n) is 5.19. The Morgan fingerprint density at radius 3 is 2.26 bits per heavy atom. The second kappa shape index (κ2) is 13.3. The third kappa shape index (κ3) is 6.79. The van der Waals surface area contributed by atoms with E-state index < -0.39 is 5.97 Å². The molecule has 0 radical (unpaired) electrons. The summed E-state index contributed by atoms with van der Waals surface area (Å²) in [5, 5.41) is 9.82. The summed E-state index contributed by atoms with van der Waals surface area (Å²) in [6.07, 6.45) is 1.90. The Labute approximate surface area is 270 Å². The Hall–Kier alpha value is -5.41. The highest BCUT2D eigenvalue weighted by atomic mass is 32.2. The minimum atomic E-state index is -1.00. The van der Waals surface area contributed by atoms with Crippen molar-refractivity contribution in [1.29, 1.82) is 0 Å². The standard InChI is InChI=1S/C37H30FN3O4S/c1-24-20-29(25(2)41(24)32-16-18-33(19-17-32)45-23-27-10-14-30(38)15-11-27)21-34-35(42)40(22-26-8-12-28(13-9-26)36(43)44)37(46-34)39-31-6-4-3-5-7-31/h3-21H,22-23H2,1-2H3,(H,43,44)/b34-21-,39-37?. The highest BCUT2D eigenvalue weighted by Crippen LogP contribution is 2.36. The Morgan fingerprint density at radius 2 is 1.59 bits per heavy atom. The second-order valence-electron chi connectivity index (χ2n) is 10.8. The molecular formula is C37H30FN3O4S. The van der Waals surface area contributed by atoms with Gasteiger partial charge in [0, 0.05) is 17.1 Å². The lowest BCUT2D eigenvalue weighted by molar-refractivity contribution is -0.122. The van der Waals surface area contributed by atoms with Crippen molar-refractivity contribution in [2.24, 2.45) is 4.99 Å².